The second kappa shape index (κ2) is 20.8. The number of ether oxygens (including phenoxy) is 2. The van der Waals surface area contributed by atoms with Gasteiger partial charge in [0.15, 0.2) is 6.10 Å². The maximum Gasteiger partial charge on any atom is 0.306 e. The van der Waals surface area contributed by atoms with E-state index in [4.69, 9.17) is 9.47 Å². The molecule has 42 heavy (non-hydrogen) atoms. The lowest BCUT2D eigenvalue weighted by atomic mass is 9.94. The molecule has 1 saturated heterocycles. The van der Waals surface area contributed by atoms with E-state index in [1.165, 1.54) is 64.6 Å². The van der Waals surface area contributed by atoms with Crippen LogP contribution in [0.25, 0.3) is 0 Å². The van der Waals surface area contributed by atoms with Crippen molar-refractivity contribution in [3.05, 3.63) is 12.2 Å². The van der Waals surface area contributed by atoms with Gasteiger partial charge in [-0.15, -0.1) is 0 Å². The van der Waals surface area contributed by atoms with Crippen molar-refractivity contribution in [1.82, 2.24) is 10.6 Å². The largest absolute Gasteiger partial charge is 0.460 e. The number of hydrogen-bond donors (Lipinski definition) is 5. The van der Waals surface area contributed by atoms with E-state index < -0.39 is 48.4 Å². The van der Waals surface area contributed by atoms with Gasteiger partial charge in [0.1, 0.15) is 30.5 Å². The molecule has 6 atom stereocenters. The zero-order chi connectivity index (χ0) is 31.5. The van der Waals surface area contributed by atoms with Crippen LogP contribution in [0.15, 0.2) is 12.2 Å². The molecule has 244 valence electrons. The van der Waals surface area contributed by atoms with E-state index in [0.717, 1.165) is 19.3 Å². The van der Waals surface area contributed by atoms with Gasteiger partial charge in [-0.1, -0.05) is 104 Å². The number of esters is 1. The Kier molecular flexibility index (Phi) is 18.8. The normalized spacial score (nSPS) is 20.8. The molecule has 0 aliphatic carbocycles. The van der Waals surface area contributed by atoms with Gasteiger partial charge < -0.3 is 35.4 Å². The highest BCUT2D eigenvalue weighted by molar-refractivity contribution is 5.89. The highest BCUT2D eigenvalue weighted by atomic mass is 16.5. The number of aliphatic hydroxyl groups is 3. The lowest BCUT2D eigenvalue weighted by Gasteiger charge is -2.28. The SMILES string of the molecule is CCCCCCCCCCCCCC(=O)O[C@@H]1CCC(NC(=O)[C@H](OC)[C@H](O)[C@@H](O)[C@H](O)/C=C/C(C)(C)C)C(=O)NC1. The van der Waals surface area contributed by atoms with Crippen LogP contribution in [0.3, 0.4) is 0 Å². The average molecular weight is 599 g/mol. The summed E-state index contributed by atoms with van der Waals surface area (Å²) in [6.07, 6.45) is 10.3. The molecule has 2 amide bonds. The Morgan fingerprint density at radius 3 is 2.07 bits per heavy atom. The summed E-state index contributed by atoms with van der Waals surface area (Å²) < 4.78 is 10.7. The third-order valence-electron chi connectivity index (χ3n) is 7.51. The molecular weight excluding hydrogens is 540 g/mol. The van der Waals surface area contributed by atoms with Crippen LogP contribution in [-0.4, -0.2) is 83.3 Å². The number of hydrogen-bond acceptors (Lipinski definition) is 8. The van der Waals surface area contributed by atoms with Gasteiger partial charge in [0.25, 0.3) is 5.91 Å². The number of amides is 2. The monoisotopic (exact) mass is 598 g/mol. The third kappa shape index (κ3) is 16.0. The highest BCUT2D eigenvalue weighted by Gasteiger charge is 2.37. The van der Waals surface area contributed by atoms with Crippen molar-refractivity contribution >= 4 is 17.8 Å². The van der Waals surface area contributed by atoms with Gasteiger partial charge in [-0.3, -0.25) is 14.4 Å². The maximum absolute atomic E-state index is 12.9. The van der Waals surface area contributed by atoms with Gasteiger partial charge in [0.05, 0.1) is 6.54 Å². The summed E-state index contributed by atoms with van der Waals surface area (Å²) in [6.45, 7) is 8.11. The number of carbonyl (C=O) groups is 3. The number of methoxy groups -OCH3 is 1. The second-order valence-corrected chi connectivity index (χ2v) is 12.6. The van der Waals surface area contributed by atoms with E-state index in [0.29, 0.717) is 12.8 Å². The van der Waals surface area contributed by atoms with Gasteiger partial charge in [-0.2, -0.15) is 0 Å². The summed E-state index contributed by atoms with van der Waals surface area (Å²) in [7, 11) is 1.19. The number of allylic oxidation sites excluding steroid dienone is 1. The molecule has 1 unspecified atom stereocenters. The van der Waals surface area contributed by atoms with Crippen molar-refractivity contribution in [2.75, 3.05) is 13.7 Å². The number of carbonyl (C=O) groups excluding carboxylic acids is 3. The predicted molar refractivity (Wildman–Crippen MR) is 163 cm³/mol. The van der Waals surface area contributed by atoms with E-state index in [-0.39, 0.29) is 24.3 Å². The van der Waals surface area contributed by atoms with E-state index in [1.54, 1.807) is 6.08 Å². The smallest absolute Gasteiger partial charge is 0.306 e. The van der Waals surface area contributed by atoms with Crippen LogP contribution in [0.1, 0.15) is 118 Å². The van der Waals surface area contributed by atoms with Crippen molar-refractivity contribution in [3.63, 3.8) is 0 Å². The van der Waals surface area contributed by atoms with Crippen LogP contribution in [0.2, 0.25) is 0 Å². The molecule has 0 aromatic carbocycles. The molecule has 1 fully saturated rings. The minimum Gasteiger partial charge on any atom is -0.460 e. The van der Waals surface area contributed by atoms with Gasteiger partial charge in [-0.05, 0) is 24.7 Å². The Labute approximate surface area is 253 Å². The average Bonchev–Trinajstić information content (AvgIpc) is 3.10. The Morgan fingerprint density at radius 1 is 0.952 bits per heavy atom. The van der Waals surface area contributed by atoms with Crippen molar-refractivity contribution in [3.8, 4) is 0 Å². The predicted octanol–water partition coefficient (Wildman–Crippen LogP) is 3.69. The first-order valence-corrected chi connectivity index (χ1v) is 15.9. The molecule has 10 heteroatoms. The first-order chi connectivity index (χ1) is 19.9. The van der Waals surface area contributed by atoms with Crippen LogP contribution < -0.4 is 10.6 Å². The minimum atomic E-state index is -1.74. The Balaban J connectivity index is 2.41. The molecule has 0 spiro atoms. The quantitative estimate of drug-likeness (QED) is 0.0808. The molecule has 10 nitrogen and oxygen atoms in total. The van der Waals surface area contributed by atoms with Crippen molar-refractivity contribution < 1.29 is 39.2 Å². The summed E-state index contributed by atoms with van der Waals surface area (Å²) in [6, 6.07) is -0.930. The Morgan fingerprint density at radius 2 is 1.52 bits per heavy atom. The first-order valence-electron chi connectivity index (χ1n) is 15.9. The fourth-order valence-corrected chi connectivity index (χ4v) is 4.88. The fourth-order valence-electron chi connectivity index (χ4n) is 4.88. The summed E-state index contributed by atoms with van der Waals surface area (Å²) >= 11 is 0. The molecular formula is C32H58N2O8. The van der Waals surface area contributed by atoms with Crippen molar-refractivity contribution in [2.45, 2.75) is 154 Å². The van der Waals surface area contributed by atoms with Crippen molar-refractivity contribution in [1.29, 1.82) is 0 Å². The highest BCUT2D eigenvalue weighted by Crippen LogP contribution is 2.18. The lowest BCUT2D eigenvalue weighted by Crippen LogP contribution is -2.55. The van der Waals surface area contributed by atoms with Crippen LogP contribution in [0.4, 0.5) is 0 Å². The first kappa shape index (κ1) is 38.0. The van der Waals surface area contributed by atoms with Gasteiger partial charge in [-0.25, -0.2) is 0 Å². The molecule has 1 aliphatic heterocycles. The van der Waals surface area contributed by atoms with Gasteiger partial charge in [0, 0.05) is 13.5 Å². The number of nitrogens with one attached hydrogen (secondary N) is 2. The maximum atomic E-state index is 12.9. The standard InChI is InChI=1S/C32H58N2O8/c1-6-7-8-9-10-11-12-13-14-15-16-17-26(36)42-23-18-19-24(30(39)33-22-23)34-31(40)29(41-5)28(38)27(37)25(35)20-21-32(2,3)4/h20-21,23-25,27-29,35,37-38H,6-19,22H2,1-5H3,(H,33,39)(H,34,40)/b21-20+/t23-,24?,25-,27+,28-,29-/m1/s1. The Hall–Kier alpha value is -2.01. The molecule has 0 radical (unpaired) electrons. The summed E-state index contributed by atoms with van der Waals surface area (Å²) in [5, 5.41) is 36.4. The zero-order valence-corrected chi connectivity index (χ0v) is 26.6. The van der Waals surface area contributed by atoms with E-state index >= 15 is 0 Å². The minimum absolute atomic E-state index is 0.149. The molecule has 0 aromatic rings. The lowest BCUT2D eigenvalue weighted by molar-refractivity contribution is -0.151. The van der Waals surface area contributed by atoms with E-state index in [9.17, 15) is 29.7 Å². The topological polar surface area (TPSA) is 154 Å². The van der Waals surface area contributed by atoms with Crippen LogP contribution in [0, 0.1) is 5.41 Å². The molecule has 0 saturated carbocycles. The van der Waals surface area contributed by atoms with Crippen LogP contribution in [0.5, 0.6) is 0 Å². The summed E-state index contributed by atoms with van der Waals surface area (Å²) in [5.74, 6) is -1.53. The molecule has 1 rings (SSSR count). The number of aliphatic hydroxyl groups excluding tert-OH is 3. The van der Waals surface area contributed by atoms with Crippen LogP contribution in [-0.2, 0) is 23.9 Å². The zero-order valence-electron chi connectivity index (χ0n) is 26.6. The third-order valence-corrected chi connectivity index (χ3v) is 7.51. The summed E-state index contributed by atoms with van der Waals surface area (Å²) in [4.78, 5) is 37.8. The van der Waals surface area contributed by atoms with E-state index in [2.05, 4.69) is 17.6 Å². The molecule has 5 N–H and O–H groups in total. The van der Waals surface area contributed by atoms with Crippen LogP contribution >= 0.6 is 0 Å². The number of rotatable bonds is 20. The fraction of sp³-hybridized carbons (Fsp3) is 0.844. The molecule has 0 bridgehead atoms. The van der Waals surface area contributed by atoms with Gasteiger partial charge in [0.2, 0.25) is 5.91 Å². The Bertz CT molecular complexity index is 813. The molecule has 1 heterocycles. The second-order valence-electron chi connectivity index (χ2n) is 12.6. The molecule has 1 aliphatic rings. The van der Waals surface area contributed by atoms with Gasteiger partial charge >= 0.3 is 5.97 Å². The van der Waals surface area contributed by atoms with Crippen molar-refractivity contribution in [2.24, 2.45) is 5.41 Å². The molecule has 0 aromatic heterocycles. The number of unbranched alkanes of at least 4 members (excludes halogenated alkanes) is 10. The summed E-state index contributed by atoms with van der Waals surface area (Å²) in [5.41, 5.74) is -0.255. The van der Waals surface area contributed by atoms with E-state index in [1.807, 2.05) is 20.8 Å².